The maximum atomic E-state index is 12.4. The Labute approximate surface area is 145 Å². The molecule has 3 heterocycles. The van der Waals surface area contributed by atoms with Crippen LogP contribution in [-0.4, -0.2) is 46.1 Å². The van der Waals surface area contributed by atoms with Crippen molar-refractivity contribution in [2.45, 2.75) is 31.6 Å². The molecule has 1 atom stereocenters. The molecule has 1 aliphatic rings. The van der Waals surface area contributed by atoms with Crippen LogP contribution in [0.2, 0.25) is 0 Å². The molecule has 0 saturated carbocycles. The molecule has 1 saturated heterocycles. The predicted octanol–water partition coefficient (Wildman–Crippen LogP) is 2.12. The fourth-order valence-corrected chi connectivity index (χ4v) is 3.26. The number of rotatable bonds is 6. The number of piperidine rings is 1. The number of anilines is 1. The second kappa shape index (κ2) is 8.14. The molecule has 2 aromatic heterocycles. The Bertz CT molecular complexity index is 663. The first-order chi connectivity index (χ1) is 11.8. The Hall–Kier alpha value is -2.09. The van der Waals surface area contributed by atoms with Crippen LogP contribution < -0.4 is 10.2 Å². The van der Waals surface area contributed by atoms with Gasteiger partial charge in [-0.25, -0.2) is 0 Å². The molecule has 3 rings (SSSR count). The van der Waals surface area contributed by atoms with Crippen LogP contribution >= 0.6 is 11.8 Å². The Morgan fingerprint density at radius 1 is 1.54 bits per heavy atom. The van der Waals surface area contributed by atoms with E-state index in [4.69, 9.17) is 4.52 Å². The van der Waals surface area contributed by atoms with Gasteiger partial charge in [0.05, 0.1) is 5.75 Å². The Kier molecular flexibility index (Phi) is 5.68. The third kappa shape index (κ3) is 4.25. The molecule has 7 nitrogen and oxygen atoms in total. The Morgan fingerprint density at radius 2 is 2.46 bits per heavy atom. The van der Waals surface area contributed by atoms with Crippen LogP contribution in [0.15, 0.2) is 28.9 Å². The minimum absolute atomic E-state index is 0.0680. The van der Waals surface area contributed by atoms with E-state index in [1.807, 2.05) is 12.1 Å². The molecular formula is C16H21N5O2S. The van der Waals surface area contributed by atoms with E-state index in [0.29, 0.717) is 5.69 Å². The zero-order valence-corrected chi connectivity index (χ0v) is 14.5. The topological polar surface area (TPSA) is 84.2 Å². The van der Waals surface area contributed by atoms with Crippen molar-refractivity contribution in [3.05, 3.63) is 35.9 Å². The number of aromatic nitrogens is 3. The highest BCUT2D eigenvalue weighted by Crippen LogP contribution is 2.17. The van der Waals surface area contributed by atoms with E-state index in [1.165, 1.54) is 0 Å². The third-order valence-electron chi connectivity index (χ3n) is 3.88. The van der Waals surface area contributed by atoms with Gasteiger partial charge in [0.25, 0.3) is 5.91 Å². The van der Waals surface area contributed by atoms with Crippen LogP contribution in [0, 0.1) is 0 Å². The fourth-order valence-electron chi connectivity index (χ4n) is 2.72. The smallest absolute Gasteiger partial charge is 0.273 e. The van der Waals surface area contributed by atoms with Crippen LogP contribution in [-0.2, 0) is 5.75 Å². The summed E-state index contributed by atoms with van der Waals surface area (Å²) in [7, 11) is 0. The maximum absolute atomic E-state index is 12.4. The van der Waals surface area contributed by atoms with E-state index >= 15 is 0 Å². The first-order valence-electron chi connectivity index (χ1n) is 8.13. The number of amides is 1. The number of thioether (sulfide) groups is 1. The molecule has 0 radical (unpaired) electrons. The van der Waals surface area contributed by atoms with Gasteiger partial charge in [-0.05, 0) is 30.7 Å². The molecule has 0 aromatic carbocycles. The van der Waals surface area contributed by atoms with Gasteiger partial charge in [-0.3, -0.25) is 4.79 Å². The van der Waals surface area contributed by atoms with Gasteiger partial charge in [0, 0.05) is 31.4 Å². The highest BCUT2D eigenvalue weighted by Gasteiger charge is 2.24. The van der Waals surface area contributed by atoms with E-state index in [-0.39, 0.29) is 11.9 Å². The standard InChI is InChI=1S/C16H21N5O2S/c1-2-24-11-13-9-14(20-23-13)16(22)18-12-5-4-8-21(10-12)15-6-3-7-17-19-15/h3,6-7,9,12H,2,4-5,8,10-11H2,1H3,(H,18,22)/t12-/m0/s1. The van der Waals surface area contributed by atoms with Crippen molar-refractivity contribution < 1.29 is 9.32 Å². The van der Waals surface area contributed by atoms with Crippen LogP contribution in [0.1, 0.15) is 36.0 Å². The molecule has 1 N–H and O–H groups in total. The zero-order chi connectivity index (χ0) is 16.8. The fraction of sp³-hybridized carbons (Fsp3) is 0.500. The molecule has 128 valence electrons. The van der Waals surface area contributed by atoms with Crippen molar-refractivity contribution in [1.82, 2.24) is 20.7 Å². The molecule has 1 amide bonds. The minimum atomic E-state index is -0.183. The number of nitrogens with zero attached hydrogens (tertiary/aromatic N) is 4. The summed E-state index contributed by atoms with van der Waals surface area (Å²) in [5.41, 5.74) is 0.346. The summed E-state index contributed by atoms with van der Waals surface area (Å²) in [6.07, 6.45) is 3.60. The molecule has 0 spiro atoms. The van der Waals surface area contributed by atoms with Gasteiger partial charge >= 0.3 is 0 Å². The SMILES string of the molecule is CCSCc1cc(C(=O)N[C@H]2CCCN(c3cccnn3)C2)no1. The lowest BCUT2D eigenvalue weighted by molar-refractivity contribution is 0.0924. The molecule has 8 heteroatoms. The lowest BCUT2D eigenvalue weighted by Crippen LogP contribution is -2.48. The second-order valence-corrected chi connectivity index (χ2v) is 6.93. The summed E-state index contributed by atoms with van der Waals surface area (Å²) in [6, 6.07) is 5.60. The summed E-state index contributed by atoms with van der Waals surface area (Å²) >= 11 is 1.73. The van der Waals surface area contributed by atoms with Gasteiger partial charge in [-0.2, -0.15) is 16.9 Å². The molecule has 1 aliphatic heterocycles. The first kappa shape index (κ1) is 16.8. The molecule has 24 heavy (non-hydrogen) atoms. The van der Waals surface area contributed by atoms with Crippen molar-refractivity contribution in [1.29, 1.82) is 0 Å². The summed E-state index contributed by atoms with van der Waals surface area (Å²) in [5, 5.41) is 15.0. The summed E-state index contributed by atoms with van der Waals surface area (Å²) in [6.45, 7) is 3.73. The van der Waals surface area contributed by atoms with Crippen molar-refractivity contribution in [2.24, 2.45) is 0 Å². The number of carbonyl (C=O) groups excluding carboxylic acids is 1. The van der Waals surface area contributed by atoms with Gasteiger partial charge in [-0.1, -0.05) is 12.1 Å². The van der Waals surface area contributed by atoms with Crippen molar-refractivity contribution in [3.63, 3.8) is 0 Å². The van der Waals surface area contributed by atoms with E-state index in [0.717, 1.165) is 49.0 Å². The van der Waals surface area contributed by atoms with Crippen LogP contribution in [0.25, 0.3) is 0 Å². The summed E-state index contributed by atoms with van der Waals surface area (Å²) in [5.74, 6) is 3.13. The van der Waals surface area contributed by atoms with Gasteiger partial charge in [0.2, 0.25) is 0 Å². The largest absolute Gasteiger partial charge is 0.360 e. The van der Waals surface area contributed by atoms with Gasteiger partial charge < -0.3 is 14.7 Å². The van der Waals surface area contributed by atoms with Gasteiger partial charge in [0.1, 0.15) is 5.76 Å². The highest BCUT2D eigenvalue weighted by molar-refractivity contribution is 7.98. The summed E-state index contributed by atoms with van der Waals surface area (Å²) in [4.78, 5) is 14.5. The Morgan fingerprint density at radius 3 is 3.25 bits per heavy atom. The first-order valence-corrected chi connectivity index (χ1v) is 9.28. The Balaban J connectivity index is 1.57. The lowest BCUT2D eigenvalue weighted by Gasteiger charge is -2.33. The predicted molar refractivity (Wildman–Crippen MR) is 93.1 cm³/mol. The average molecular weight is 347 g/mol. The maximum Gasteiger partial charge on any atom is 0.273 e. The van der Waals surface area contributed by atoms with E-state index < -0.39 is 0 Å². The quantitative estimate of drug-likeness (QED) is 0.857. The van der Waals surface area contributed by atoms with Crippen molar-refractivity contribution in [2.75, 3.05) is 23.7 Å². The molecule has 0 aliphatic carbocycles. The van der Waals surface area contributed by atoms with Crippen LogP contribution in [0.4, 0.5) is 5.82 Å². The molecule has 0 bridgehead atoms. The monoisotopic (exact) mass is 347 g/mol. The minimum Gasteiger partial charge on any atom is -0.360 e. The average Bonchev–Trinajstić information content (AvgIpc) is 3.10. The zero-order valence-electron chi connectivity index (χ0n) is 13.6. The lowest BCUT2D eigenvalue weighted by atomic mass is 10.1. The number of nitrogens with one attached hydrogen (secondary N) is 1. The summed E-state index contributed by atoms with van der Waals surface area (Å²) < 4.78 is 5.21. The second-order valence-electron chi connectivity index (χ2n) is 5.66. The van der Waals surface area contributed by atoms with Crippen molar-refractivity contribution >= 4 is 23.5 Å². The van der Waals surface area contributed by atoms with Crippen LogP contribution in [0.5, 0.6) is 0 Å². The molecule has 1 fully saturated rings. The van der Waals surface area contributed by atoms with Gasteiger partial charge in [0.15, 0.2) is 11.5 Å². The van der Waals surface area contributed by atoms with E-state index in [9.17, 15) is 4.79 Å². The van der Waals surface area contributed by atoms with E-state index in [2.05, 4.69) is 32.5 Å². The molecule has 2 aromatic rings. The van der Waals surface area contributed by atoms with Gasteiger partial charge in [-0.15, -0.1) is 5.10 Å². The number of hydrogen-bond donors (Lipinski definition) is 1. The van der Waals surface area contributed by atoms with Crippen LogP contribution in [0.3, 0.4) is 0 Å². The highest BCUT2D eigenvalue weighted by atomic mass is 32.2. The number of carbonyl (C=O) groups is 1. The molecule has 0 unspecified atom stereocenters. The normalized spacial score (nSPS) is 17.7. The van der Waals surface area contributed by atoms with E-state index in [1.54, 1.807) is 24.0 Å². The van der Waals surface area contributed by atoms with Crippen molar-refractivity contribution in [3.8, 4) is 0 Å². The third-order valence-corrected chi connectivity index (χ3v) is 4.78. The molecular weight excluding hydrogens is 326 g/mol. The number of hydrogen-bond acceptors (Lipinski definition) is 7.